The summed E-state index contributed by atoms with van der Waals surface area (Å²) in [7, 11) is 3.26. The number of methoxy groups -OCH3 is 2. The molecule has 2 aromatic carbocycles. The van der Waals surface area contributed by atoms with E-state index in [4.69, 9.17) is 31.7 Å². The molecule has 1 aliphatic rings. The van der Waals surface area contributed by atoms with Crippen LogP contribution in [0.4, 0.5) is 0 Å². The number of thiocarbonyl (C=S) groups is 1. The molecule has 3 aromatic rings. The minimum absolute atomic E-state index is 0.644. The predicted octanol–water partition coefficient (Wildman–Crippen LogP) is 4.79. The van der Waals surface area contributed by atoms with Crippen molar-refractivity contribution in [2.45, 2.75) is 17.9 Å². The van der Waals surface area contributed by atoms with E-state index in [9.17, 15) is 0 Å². The van der Waals surface area contributed by atoms with E-state index in [1.165, 1.54) is 24.6 Å². The average Bonchev–Trinajstić information content (AvgIpc) is 3.28. The maximum absolute atomic E-state index is 5.70. The Morgan fingerprint density at radius 2 is 1.68 bits per heavy atom. The van der Waals surface area contributed by atoms with E-state index in [1.54, 1.807) is 14.2 Å². The third-order valence-corrected chi connectivity index (χ3v) is 6.19. The first-order valence-corrected chi connectivity index (χ1v) is 10.4. The van der Waals surface area contributed by atoms with E-state index in [0.29, 0.717) is 17.3 Å². The first-order valence-electron chi connectivity index (χ1n) is 9.15. The molecule has 0 N–H and O–H groups in total. The van der Waals surface area contributed by atoms with Crippen LogP contribution in [0.5, 0.6) is 11.5 Å². The molecule has 0 saturated carbocycles. The lowest BCUT2D eigenvalue weighted by Gasteiger charge is -2.18. The summed E-state index contributed by atoms with van der Waals surface area (Å²) in [6, 6.07) is 13.8. The summed E-state index contributed by atoms with van der Waals surface area (Å²) < 4.78 is 11.8. The van der Waals surface area contributed by atoms with Gasteiger partial charge in [0.25, 0.3) is 0 Å². The SMILES string of the molecule is COc1cc2nc(-c3ccccc3)nc(SC(=S)N3CCCC3)c2cc1OC. The highest BCUT2D eigenvalue weighted by Gasteiger charge is 2.20. The molecule has 0 unspecified atom stereocenters. The second kappa shape index (κ2) is 8.32. The smallest absolute Gasteiger partial charge is 0.162 e. The Kier molecular flexibility index (Phi) is 5.64. The minimum Gasteiger partial charge on any atom is -0.493 e. The number of rotatable bonds is 4. The number of likely N-dealkylation sites (tertiary alicyclic amines) is 1. The zero-order chi connectivity index (χ0) is 19.5. The Morgan fingerprint density at radius 1 is 1.00 bits per heavy atom. The summed E-state index contributed by atoms with van der Waals surface area (Å²) in [4.78, 5) is 11.9. The molecule has 7 heteroatoms. The monoisotopic (exact) mass is 411 g/mol. The lowest BCUT2D eigenvalue weighted by atomic mass is 10.2. The van der Waals surface area contributed by atoms with Gasteiger partial charge in [0.2, 0.25) is 0 Å². The maximum atomic E-state index is 5.70. The van der Waals surface area contributed by atoms with Crippen LogP contribution in [0.3, 0.4) is 0 Å². The Hall–Kier alpha value is -2.38. The lowest BCUT2D eigenvalue weighted by Crippen LogP contribution is -2.23. The van der Waals surface area contributed by atoms with Gasteiger partial charge in [-0.3, -0.25) is 0 Å². The lowest BCUT2D eigenvalue weighted by molar-refractivity contribution is 0.355. The second-order valence-electron chi connectivity index (χ2n) is 6.50. The van der Waals surface area contributed by atoms with Crippen molar-refractivity contribution in [2.24, 2.45) is 0 Å². The largest absolute Gasteiger partial charge is 0.493 e. The van der Waals surface area contributed by atoms with Crippen molar-refractivity contribution in [3.63, 3.8) is 0 Å². The van der Waals surface area contributed by atoms with Gasteiger partial charge in [-0.15, -0.1) is 0 Å². The summed E-state index contributed by atoms with van der Waals surface area (Å²) in [6.07, 6.45) is 2.37. The Labute approximate surface area is 174 Å². The molecule has 0 spiro atoms. The van der Waals surface area contributed by atoms with Gasteiger partial charge in [0.15, 0.2) is 17.3 Å². The average molecular weight is 412 g/mol. The van der Waals surface area contributed by atoms with Crippen molar-refractivity contribution in [2.75, 3.05) is 27.3 Å². The third kappa shape index (κ3) is 3.77. The zero-order valence-corrected chi connectivity index (χ0v) is 17.5. The molecule has 0 atom stereocenters. The van der Waals surface area contributed by atoms with Crippen molar-refractivity contribution in [1.29, 1.82) is 0 Å². The number of aromatic nitrogens is 2. The standard InChI is InChI=1S/C21H21N3O2S2/c1-25-17-12-15-16(13-18(17)26-2)22-19(14-8-4-3-5-9-14)23-20(15)28-21(27)24-10-6-7-11-24/h3-5,8-9,12-13H,6-7,10-11H2,1-2H3. The Balaban J connectivity index is 1.84. The highest BCUT2D eigenvalue weighted by atomic mass is 32.2. The van der Waals surface area contributed by atoms with Crippen LogP contribution < -0.4 is 9.47 Å². The second-order valence-corrected chi connectivity index (χ2v) is 8.13. The van der Waals surface area contributed by atoms with Gasteiger partial charge in [0.1, 0.15) is 9.35 Å². The minimum atomic E-state index is 0.644. The number of benzene rings is 2. The normalized spacial score (nSPS) is 13.7. The summed E-state index contributed by atoms with van der Waals surface area (Å²) in [5.41, 5.74) is 1.77. The fraction of sp³-hybridized carbons (Fsp3) is 0.286. The molecule has 144 valence electrons. The maximum Gasteiger partial charge on any atom is 0.162 e. The van der Waals surface area contributed by atoms with Crippen LogP contribution in [-0.4, -0.2) is 46.5 Å². The number of ether oxygens (including phenoxy) is 2. The molecule has 1 fully saturated rings. The van der Waals surface area contributed by atoms with E-state index in [1.807, 2.05) is 42.5 Å². The van der Waals surface area contributed by atoms with E-state index < -0.39 is 0 Å². The van der Waals surface area contributed by atoms with Crippen LogP contribution >= 0.6 is 24.0 Å². The zero-order valence-electron chi connectivity index (χ0n) is 15.8. The molecule has 1 saturated heterocycles. The van der Waals surface area contributed by atoms with E-state index in [2.05, 4.69) is 4.90 Å². The van der Waals surface area contributed by atoms with Crippen molar-refractivity contribution >= 4 is 39.2 Å². The summed E-state index contributed by atoms with van der Waals surface area (Å²) >= 11 is 7.22. The summed E-state index contributed by atoms with van der Waals surface area (Å²) in [6.45, 7) is 2.02. The van der Waals surface area contributed by atoms with Crippen molar-refractivity contribution in [3.05, 3.63) is 42.5 Å². The summed E-state index contributed by atoms with van der Waals surface area (Å²) in [5, 5.41) is 1.74. The van der Waals surface area contributed by atoms with Gasteiger partial charge >= 0.3 is 0 Å². The highest BCUT2D eigenvalue weighted by Crippen LogP contribution is 2.37. The van der Waals surface area contributed by atoms with Crippen molar-refractivity contribution in [1.82, 2.24) is 14.9 Å². The van der Waals surface area contributed by atoms with Gasteiger partial charge in [-0.1, -0.05) is 42.5 Å². The molecule has 5 nitrogen and oxygen atoms in total. The quantitative estimate of drug-likeness (QED) is 0.348. The number of thioether (sulfide) groups is 1. The molecule has 1 aromatic heterocycles. The van der Waals surface area contributed by atoms with E-state index in [0.717, 1.165) is 38.9 Å². The molecular weight excluding hydrogens is 390 g/mol. The molecule has 0 aliphatic carbocycles. The first kappa shape index (κ1) is 19.0. The molecule has 0 radical (unpaired) electrons. The van der Waals surface area contributed by atoms with Crippen LogP contribution in [0.1, 0.15) is 12.8 Å². The van der Waals surface area contributed by atoms with Crippen molar-refractivity contribution < 1.29 is 9.47 Å². The molecule has 0 bridgehead atoms. The van der Waals surface area contributed by atoms with E-state index in [-0.39, 0.29) is 0 Å². The number of hydrogen-bond donors (Lipinski definition) is 0. The fourth-order valence-electron chi connectivity index (χ4n) is 3.27. The van der Waals surface area contributed by atoms with Crippen LogP contribution in [0.15, 0.2) is 47.5 Å². The fourth-order valence-corrected chi connectivity index (χ4v) is 4.57. The van der Waals surface area contributed by atoms with Gasteiger partial charge in [0, 0.05) is 30.1 Å². The van der Waals surface area contributed by atoms with E-state index >= 15 is 0 Å². The molecule has 0 amide bonds. The van der Waals surface area contributed by atoms with Gasteiger partial charge in [-0.2, -0.15) is 0 Å². The molecule has 28 heavy (non-hydrogen) atoms. The van der Waals surface area contributed by atoms with Gasteiger partial charge < -0.3 is 14.4 Å². The highest BCUT2D eigenvalue weighted by molar-refractivity contribution is 8.23. The Morgan fingerprint density at radius 3 is 2.36 bits per heavy atom. The molecule has 2 heterocycles. The Bertz CT molecular complexity index is 1010. The van der Waals surface area contributed by atoms with Crippen molar-refractivity contribution in [3.8, 4) is 22.9 Å². The first-order chi connectivity index (χ1) is 13.7. The molecular formula is C21H21N3O2S2. The van der Waals surface area contributed by atoms with Crippen LogP contribution in [-0.2, 0) is 0 Å². The molecule has 4 rings (SSSR count). The molecule has 1 aliphatic heterocycles. The topological polar surface area (TPSA) is 47.5 Å². The van der Waals surface area contributed by atoms with Gasteiger partial charge in [-0.25, -0.2) is 9.97 Å². The number of hydrogen-bond acceptors (Lipinski definition) is 6. The van der Waals surface area contributed by atoms with Gasteiger partial charge in [0.05, 0.1) is 19.7 Å². The number of nitrogens with zero attached hydrogens (tertiary/aromatic N) is 3. The van der Waals surface area contributed by atoms with Crippen LogP contribution in [0, 0.1) is 0 Å². The van der Waals surface area contributed by atoms with Gasteiger partial charge in [-0.05, 0) is 30.7 Å². The number of fused-ring (bicyclic) bond motifs is 1. The third-order valence-electron chi connectivity index (χ3n) is 4.75. The van der Waals surface area contributed by atoms with Crippen LogP contribution in [0.2, 0.25) is 0 Å². The van der Waals surface area contributed by atoms with Crippen LogP contribution in [0.25, 0.3) is 22.3 Å². The predicted molar refractivity (Wildman–Crippen MR) is 117 cm³/mol. The summed E-state index contributed by atoms with van der Waals surface area (Å²) in [5.74, 6) is 1.97.